The molecule has 0 unspecified atom stereocenters. The van der Waals surface area contributed by atoms with Gasteiger partial charge in [0, 0.05) is 29.2 Å². The number of carbonyl (C=O) groups is 1. The number of hydrogen-bond donors (Lipinski definition) is 0. The fraction of sp³-hybridized carbons (Fsp3) is 0.533. The molecule has 2 atom stereocenters. The standard InChI is InChI=1S/C15H21NOS/c1-12(15(17)16-10-6-7-11-16)13(2)18-14-8-4-3-5-9-14/h3-5,8-9,12-13H,6-7,10-11H2,1-2H3/t12-,13+/m1/s1. The molecule has 0 aliphatic carbocycles. The van der Waals surface area contributed by atoms with E-state index in [4.69, 9.17) is 0 Å². The first-order valence-corrected chi connectivity index (χ1v) is 7.57. The first-order valence-electron chi connectivity index (χ1n) is 6.69. The van der Waals surface area contributed by atoms with Crippen LogP contribution < -0.4 is 0 Å². The van der Waals surface area contributed by atoms with Crippen LogP contribution in [0, 0.1) is 5.92 Å². The first kappa shape index (κ1) is 13.5. The highest BCUT2D eigenvalue weighted by atomic mass is 32.2. The molecule has 1 fully saturated rings. The monoisotopic (exact) mass is 263 g/mol. The van der Waals surface area contributed by atoms with E-state index < -0.39 is 0 Å². The molecule has 98 valence electrons. The molecule has 1 aliphatic rings. The maximum absolute atomic E-state index is 12.3. The van der Waals surface area contributed by atoms with Crippen LogP contribution in [0.1, 0.15) is 26.7 Å². The van der Waals surface area contributed by atoms with Gasteiger partial charge in [0.15, 0.2) is 0 Å². The normalized spacial score (nSPS) is 18.7. The molecule has 1 aromatic carbocycles. The molecule has 2 nitrogen and oxygen atoms in total. The van der Waals surface area contributed by atoms with E-state index >= 15 is 0 Å². The average Bonchev–Trinajstić information content (AvgIpc) is 2.92. The summed E-state index contributed by atoms with van der Waals surface area (Å²) >= 11 is 1.79. The van der Waals surface area contributed by atoms with E-state index in [9.17, 15) is 4.79 Å². The Morgan fingerprint density at radius 3 is 2.39 bits per heavy atom. The van der Waals surface area contributed by atoms with Crippen molar-refractivity contribution in [3.05, 3.63) is 30.3 Å². The maximum atomic E-state index is 12.3. The molecule has 0 bridgehead atoms. The Hall–Kier alpha value is -0.960. The third-order valence-electron chi connectivity index (χ3n) is 3.58. The lowest BCUT2D eigenvalue weighted by atomic mass is 10.1. The summed E-state index contributed by atoms with van der Waals surface area (Å²) in [7, 11) is 0. The van der Waals surface area contributed by atoms with Crippen molar-refractivity contribution in [3.63, 3.8) is 0 Å². The van der Waals surface area contributed by atoms with Crippen LogP contribution in [-0.4, -0.2) is 29.1 Å². The summed E-state index contributed by atoms with van der Waals surface area (Å²) in [6, 6.07) is 10.3. The number of hydrogen-bond acceptors (Lipinski definition) is 2. The van der Waals surface area contributed by atoms with Gasteiger partial charge in [0.25, 0.3) is 0 Å². The van der Waals surface area contributed by atoms with Crippen molar-refractivity contribution >= 4 is 17.7 Å². The Bertz CT molecular complexity index is 387. The van der Waals surface area contributed by atoms with Gasteiger partial charge < -0.3 is 4.90 Å². The average molecular weight is 263 g/mol. The van der Waals surface area contributed by atoms with E-state index in [1.807, 2.05) is 23.1 Å². The third-order valence-corrected chi connectivity index (χ3v) is 4.90. The van der Waals surface area contributed by atoms with E-state index in [0.29, 0.717) is 11.2 Å². The number of benzene rings is 1. The van der Waals surface area contributed by atoms with Crippen LogP contribution in [-0.2, 0) is 4.79 Å². The summed E-state index contributed by atoms with van der Waals surface area (Å²) in [5.74, 6) is 0.414. The Balaban J connectivity index is 1.91. The minimum Gasteiger partial charge on any atom is -0.342 e. The van der Waals surface area contributed by atoms with Crippen molar-refractivity contribution in [2.75, 3.05) is 13.1 Å². The molecule has 0 radical (unpaired) electrons. The lowest BCUT2D eigenvalue weighted by molar-refractivity contribution is -0.133. The Labute approximate surface area is 114 Å². The lowest BCUT2D eigenvalue weighted by Crippen LogP contribution is -2.36. The number of amides is 1. The summed E-state index contributed by atoms with van der Waals surface area (Å²) < 4.78 is 0. The van der Waals surface area contributed by atoms with Gasteiger partial charge in [-0.05, 0) is 25.0 Å². The van der Waals surface area contributed by atoms with Crippen LogP contribution in [0.25, 0.3) is 0 Å². The summed E-state index contributed by atoms with van der Waals surface area (Å²) in [5.41, 5.74) is 0. The SMILES string of the molecule is C[C@H](Sc1ccccc1)[C@@H](C)C(=O)N1CCCC1. The Morgan fingerprint density at radius 1 is 1.17 bits per heavy atom. The zero-order valence-corrected chi connectivity index (χ0v) is 12.0. The topological polar surface area (TPSA) is 20.3 Å². The Morgan fingerprint density at radius 2 is 1.78 bits per heavy atom. The summed E-state index contributed by atoms with van der Waals surface area (Å²) in [6.45, 7) is 6.11. The fourth-order valence-corrected chi connectivity index (χ4v) is 3.31. The molecular formula is C15H21NOS. The van der Waals surface area contributed by atoms with Crippen LogP contribution in [0.2, 0.25) is 0 Å². The minimum atomic E-state index is 0.0910. The second kappa shape index (κ2) is 6.28. The van der Waals surface area contributed by atoms with Crippen molar-refractivity contribution in [1.82, 2.24) is 4.90 Å². The molecule has 2 rings (SSSR count). The number of rotatable bonds is 4. The van der Waals surface area contributed by atoms with E-state index in [2.05, 4.69) is 26.0 Å². The van der Waals surface area contributed by atoms with Crippen molar-refractivity contribution < 1.29 is 4.79 Å². The van der Waals surface area contributed by atoms with Gasteiger partial charge in [-0.1, -0.05) is 32.0 Å². The molecule has 0 spiro atoms. The van der Waals surface area contributed by atoms with Gasteiger partial charge in [0.2, 0.25) is 5.91 Å². The largest absolute Gasteiger partial charge is 0.342 e. The molecule has 1 heterocycles. The number of thioether (sulfide) groups is 1. The molecule has 3 heteroatoms. The highest BCUT2D eigenvalue weighted by molar-refractivity contribution is 8.00. The van der Waals surface area contributed by atoms with Crippen LogP contribution in [0.3, 0.4) is 0 Å². The third kappa shape index (κ3) is 3.29. The Kier molecular flexibility index (Phi) is 4.70. The van der Waals surface area contributed by atoms with E-state index in [0.717, 1.165) is 13.1 Å². The van der Waals surface area contributed by atoms with Gasteiger partial charge in [0.05, 0.1) is 0 Å². The highest BCUT2D eigenvalue weighted by Gasteiger charge is 2.27. The molecule has 18 heavy (non-hydrogen) atoms. The van der Waals surface area contributed by atoms with Crippen molar-refractivity contribution in [1.29, 1.82) is 0 Å². The van der Waals surface area contributed by atoms with E-state index in [-0.39, 0.29) is 5.92 Å². The molecule has 1 aliphatic heterocycles. The number of carbonyl (C=O) groups excluding carboxylic acids is 1. The molecule has 0 aromatic heterocycles. The highest BCUT2D eigenvalue weighted by Crippen LogP contribution is 2.29. The van der Waals surface area contributed by atoms with Crippen molar-refractivity contribution in [2.45, 2.75) is 36.8 Å². The van der Waals surface area contributed by atoms with Crippen molar-refractivity contribution in [3.8, 4) is 0 Å². The van der Waals surface area contributed by atoms with Crippen LogP contribution >= 0.6 is 11.8 Å². The number of nitrogens with zero attached hydrogens (tertiary/aromatic N) is 1. The van der Waals surface area contributed by atoms with Crippen LogP contribution in [0.4, 0.5) is 0 Å². The summed E-state index contributed by atoms with van der Waals surface area (Å²) in [5, 5.41) is 0.320. The van der Waals surface area contributed by atoms with Crippen LogP contribution in [0.15, 0.2) is 35.2 Å². The quantitative estimate of drug-likeness (QED) is 0.776. The molecule has 0 N–H and O–H groups in total. The zero-order chi connectivity index (χ0) is 13.0. The predicted octanol–water partition coefficient (Wildman–Crippen LogP) is 3.43. The van der Waals surface area contributed by atoms with Gasteiger partial charge >= 0.3 is 0 Å². The molecule has 1 aromatic rings. The number of likely N-dealkylation sites (tertiary alicyclic amines) is 1. The second-order valence-corrected chi connectivity index (χ2v) is 6.41. The second-order valence-electron chi connectivity index (χ2n) is 4.96. The molecule has 1 amide bonds. The maximum Gasteiger partial charge on any atom is 0.226 e. The van der Waals surface area contributed by atoms with Crippen molar-refractivity contribution in [2.24, 2.45) is 5.92 Å². The van der Waals surface area contributed by atoms with Gasteiger partial charge in [-0.15, -0.1) is 11.8 Å². The minimum absolute atomic E-state index is 0.0910. The van der Waals surface area contributed by atoms with E-state index in [1.54, 1.807) is 11.8 Å². The van der Waals surface area contributed by atoms with Crippen LogP contribution in [0.5, 0.6) is 0 Å². The van der Waals surface area contributed by atoms with Gasteiger partial charge in [-0.25, -0.2) is 0 Å². The summed E-state index contributed by atoms with van der Waals surface area (Å²) in [4.78, 5) is 15.6. The smallest absolute Gasteiger partial charge is 0.226 e. The predicted molar refractivity (Wildman–Crippen MR) is 76.7 cm³/mol. The first-order chi connectivity index (χ1) is 8.68. The van der Waals surface area contributed by atoms with E-state index in [1.165, 1.54) is 17.7 Å². The molecule has 0 saturated carbocycles. The van der Waals surface area contributed by atoms with Gasteiger partial charge in [-0.3, -0.25) is 4.79 Å². The zero-order valence-electron chi connectivity index (χ0n) is 11.1. The van der Waals surface area contributed by atoms with Gasteiger partial charge in [-0.2, -0.15) is 0 Å². The molecular weight excluding hydrogens is 242 g/mol. The summed E-state index contributed by atoms with van der Waals surface area (Å²) in [6.07, 6.45) is 2.33. The van der Waals surface area contributed by atoms with Gasteiger partial charge in [0.1, 0.15) is 0 Å². The molecule has 1 saturated heterocycles. The fourth-order valence-electron chi connectivity index (χ4n) is 2.24. The lowest BCUT2D eigenvalue weighted by Gasteiger charge is -2.24.